The minimum atomic E-state index is -0.769. The molecule has 126 valence electrons. The van der Waals surface area contributed by atoms with Crippen molar-refractivity contribution in [3.05, 3.63) is 35.9 Å². The maximum Gasteiger partial charge on any atom is 0.242 e. The van der Waals surface area contributed by atoms with Crippen molar-refractivity contribution in [2.24, 2.45) is 5.73 Å². The number of carbonyl (C=O) groups is 1. The zero-order valence-corrected chi connectivity index (χ0v) is 15.0. The van der Waals surface area contributed by atoms with Crippen molar-refractivity contribution in [2.45, 2.75) is 32.4 Å². The Morgan fingerprint density at radius 1 is 1.09 bits per heavy atom. The van der Waals surface area contributed by atoms with Gasteiger partial charge < -0.3 is 10.6 Å². The lowest BCUT2D eigenvalue weighted by molar-refractivity contribution is -0.135. The second-order valence-corrected chi connectivity index (χ2v) is 6.13. The van der Waals surface area contributed by atoms with Crippen LogP contribution in [0.25, 0.3) is 0 Å². The number of rotatable bonds is 3. The first-order chi connectivity index (χ1) is 9.47. The van der Waals surface area contributed by atoms with Gasteiger partial charge in [-0.15, -0.1) is 24.8 Å². The molecule has 1 aromatic rings. The highest BCUT2D eigenvalue weighted by atomic mass is 35.5. The van der Waals surface area contributed by atoms with Crippen LogP contribution in [0.3, 0.4) is 0 Å². The van der Waals surface area contributed by atoms with Gasteiger partial charge in [0.25, 0.3) is 0 Å². The molecule has 1 aliphatic heterocycles. The number of hydrogen-bond acceptors (Lipinski definition) is 3. The van der Waals surface area contributed by atoms with Crippen LogP contribution in [-0.4, -0.2) is 47.4 Å². The van der Waals surface area contributed by atoms with E-state index in [-0.39, 0.29) is 30.7 Å². The number of benzene rings is 1. The first-order valence-electron chi connectivity index (χ1n) is 7.31. The number of nitrogens with two attached hydrogens (primary N) is 1. The van der Waals surface area contributed by atoms with Crippen LogP contribution >= 0.6 is 24.8 Å². The molecule has 2 N–H and O–H groups in total. The molecule has 1 aliphatic rings. The zero-order valence-electron chi connectivity index (χ0n) is 13.3. The lowest BCUT2D eigenvalue weighted by atomic mass is 10.1. The minimum absolute atomic E-state index is 0. The largest absolute Gasteiger partial charge is 0.340 e. The van der Waals surface area contributed by atoms with E-state index in [1.807, 2.05) is 11.0 Å². The molecule has 6 heteroatoms. The predicted molar refractivity (Wildman–Crippen MR) is 95.7 cm³/mol. The minimum Gasteiger partial charge on any atom is -0.340 e. The molecular weight excluding hydrogens is 321 g/mol. The highest BCUT2D eigenvalue weighted by molar-refractivity contribution is 5.86. The highest BCUT2D eigenvalue weighted by Crippen LogP contribution is 2.12. The van der Waals surface area contributed by atoms with Crippen LogP contribution in [0.5, 0.6) is 0 Å². The molecule has 0 bridgehead atoms. The Labute approximate surface area is 145 Å². The third-order valence-corrected chi connectivity index (χ3v) is 3.68. The van der Waals surface area contributed by atoms with Crippen LogP contribution in [0.1, 0.15) is 25.8 Å². The highest BCUT2D eigenvalue weighted by Gasteiger charge is 2.28. The normalized spacial score (nSPS) is 16.2. The Balaban J connectivity index is 0.00000220. The van der Waals surface area contributed by atoms with Crippen LogP contribution in [0.4, 0.5) is 0 Å². The number of amides is 1. The van der Waals surface area contributed by atoms with E-state index < -0.39 is 5.54 Å². The maximum atomic E-state index is 12.2. The van der Waals surface area contributed by atoms with E-state index in [9.17, 15) is 4.79 Å². The van der Waals surface area contributed by atoms with Crippen molar-refractivity contribution < 1.29 is 4.79 Å². The molecule has 0 atom stereocenters. The summed E-state index contributed by atoms with van der Waals surface area (Å²) in [6.07, 6.45) is 1.01. The summed E-state index contributed by atoms with van der Waals surface area (Å²) in [5.74, 6) is 0.0547. The third-order valence-electron chi connectivity index (χ3n) is 3.68. The van der Waals surface area contributed by atoms with Gasteiger partial charge >= 0.3 is 0 Å². The Bertz CT molecular complexity index is 448. The molecule has 0 saturated carbocycles. The van der Waals surface area contributed by atoms with E-state index in [0.29, 0.717) is 0 Å². The summed E-state index contributed by atoms with van der Waals surface area (Å²) in [5.41, 5.74) is 6.47. The van der Waals surface area contributed by atoms with E-state index in [1.54, 1.807) is 13.8 Å². The molecule has 0 aliphatic carbocycles. The van der Waals surface area contributed by atoms with Gasteiger partial charge in [-0.1, -0.05) is 30.3 Å². The van der Waals surface area contributed by atoms with Gasteiger partial charge in [-0.2, -0.15) is 0 Å². The third kappa shape index (κ3) is 6.13. The van der Waals surface area contributed by atoms with Crippen LogP contribution in [0.2, 0.25) is 0 Å². The predicted octanol–water partition coefficient (Wildman–Crippen LogP) is 2.30. The first-order valence-corrected chi connectivity index (χ1v) is 7.31. The second kappa shape index (κ2) is 9.36. The smallest absolute Gasteiger partial charge is 0.242 e. The molecule has 0 radical (unpaired) electrons. The quantitative estimate of drug-likeness (QED) is 0.912. The van der Waals surface area contributed by atoms with Crippen molar-refractivity contribution in [3.8, 4) is 0 Å². The van der Waals surface area contributed by atoms with Crippen LogP contribution in [0, 0.1) is 0 Å². The van der Waals surface area contributed by atoms with Crippen molar-refractivity contribution in [2.75, 3.05) is 26.2 Å². The van der Waals surface area contributed by atoms with Gasteiger partial charge in [0.2, 0.25) is 5.91 Å². The first kappa shape index (κ1) is 21.2. The average molecular weight is 348 g/mol. The fraction of sp³-hybridized carbons (Fsp3) is 0.562. The molecule has 0 aromatic heterocycles. The Morgan fingerprint density at radius 3 is 2.32 bits per heavy atom. The molecule has 0 spiro atoms. The number of carbonyl (C=O) groups excluding carboxylic acids is 1. The van der Waals surface area contributed by atoms with Gasteiger partial charge in [0.1, 0.15) is 0 Å². The lowest BCUT2D eigenvalue weighted by Crippen LogP contribution is -2.52. The monoisotopic (exact) mass is 347 g/mol. The summed E-state index contributed by atoms with van der Waals surface area (Å²) < 4.78 is 0. The lowest BCUT2D eigenvalue weighted by Gasteiger charge is -2.28. The Morgan fingerprint density at radius 2 is 1.73 bits per heavy atom. The SMILES string of the molecule is CC(C)(N)C(=O)N1CCCN(Cc2ccccc2)CC1.Cl.Cl. The van der Waals surface area contributed by atoms with Crippen molar-refractivity contribution >= 4 is 30.7 Å². The topological polar surface area (TPSA) is 49.6 Å². The maximum absolute atomic E-state index is 12.2. The van der Waals surface area contributed by atoms with Gasteiger partial charge in [-0.25, -0.2) is 0 Å². The van der Waals surface area contributed by atoms with Crippen molar-refractivity contribution in [1.82, 2.24) is 9.80 Å². The van der Waals surface area contributed by atoms with E-state index in [2.05, 4.69) is 29.2 Å². The van der Waals surface area contributed by atoms with E-state index >= 15 is 0 Å². The van der Waals surface area contributed by atoms with E-state index in [1.165, 1.54) is 5.56 Å². The molecule has 1 heterocycles. The molecule has 1 amide bonds. The van der Waals surface area contributed by atoms with Crippen LogP contribution < -0.4 is 5.73 Å². The summed E-state index contributed by atoms with van der Waals surface area (Å²) in [5, 5.41) is 0. The van der Waals surface area contributed by atoms with Crippen molar-refractivity contribution in [1.29, 1.82) is 0 Å². The van der Waals surface area contributed by atoms with Gasteiger partial charge in [0.15, 0.2) is 0 Å². The van der Waals surface area contributed by atoms with Gasteiger partial charge in [0, 0.05) is 32.7 Å². The fourth-order valence-corrected chi connectivity index (χ4v) is 2.58. The van der Waals surface area contributed by atoms with Crippen LogP contribution in [-0.2, 0) is 11.3 Å². The van der Waals surface area contributed by atoms with E-state index in [0.717, 1.165) is 39.1 Å². The average Bonchev–Trinajstić information content (AvgIpc) is 2.63. The van der Waals surface area contributed by atoms with Gasteiger partial charge in [-0.05, 0) is 25.8 Å². The summed E-state index contributed by atoms with van der Waals surface area (Å²) in [7, 11) is 0. The molecule has 1 fully saturated rings. The molecule has 1 saturated heterocycles. The summed E-state index contributed by atoms with van der Waals surface area (Å²) in [6, 6.07) is 10.5. The second-order valence-electron chi connectivity index (χ2n) is 6.13. The van der Waals surface area contributed by atoms with Crippen LogP contribution in [0.15, 0.2) is 30.3 Å². The molecule has 4 nitrogen and oxygen atoms in total. The van der Waals surface area contributed by atoms with Gasteiger partial charge in [0.05, 0.1) is 5.54 Å². The summed E-state index contributed by atoms with van der Waals surface area (Å²) >= 11 is 0. The fourth-order valence-electron chi connectivity index (χ4n) is 2.58. The Kier molecular flexibility index (Phi) is 9.01. The van der Waals surface area contributed by atoms with Crippen molar-refractivity contribution in [3.63, 3.8) is 0 Å². The number of hydrogen-bond donors (Lipinski definition) is 1. The van der Waals surface area contributed by atoms with Gasteiger partial charge in [-0.3, -0.25) is 9.69 Å². The number of halogens is 2. The molecule has 1 aromatic carbocycles. The molecule has 2 rings (SSSR count). The molecule has 22 heavy (non-hydrogen) atoms. The summed E-state index contributed by atoms with van der Waals surface area (Å²) in [6.45, 7) is 8.04. The number of nitrogens with zero attached hydrogens (tertiary/aromatic N) is 2. The standard InChI is InChI=1S/C16H25N3O.2ClH/c1-16(2,17)15(20)19-10-6-9-18(11-12-19)13-14-7-4-3-5-8-14;;/h3-5,7-8H,6,9-13,17H2,1-2H3;2*1H. The van der Waals surface area contributed by atoms with E-state index in [4.69, 9.17) is 5.73 Å². The molecular formula is C16H27Cl2N3O. The summed E-state index contributed by atoms with van der Waals surface area (Å²) in [4.78, 5) is 16.5. The zero-order chi connectivity index (χ0) is 14.6. The molecule has 0 unspecified atom stereocenters. The Hall–Kier alpha value is -0.810.